The summed E-state index contributed by atoms with van der Waals surface area (Å²) in [6.45, 7) is 1.81. The molecule has 0 radical (unpaired) electrons. The Balaban J connectivity index is 1.79. The standard InChI is InChI=1S/C20H16ClN3O4/c1-2-28-20(27)16-15-17(24(22-16)13-8-4-3-5-9-13)19(26)23(18(15)25)14-10-6-7-12(21)11-14/h3-11,15,17H,2H2,1H3/t15-,17+/m0/s1. The molecule has 2 aromatic rings. The minimum Gasteiger partial charge on any atom is -0.461 e. The van der Waals surface area contributed by atoms with E-state index in [4.69, 9.17) is 16.3 Å². The predicted octanol–water partition coefficient (Wildman–Crippen LogP) is 2.64. The largest absolute Gasteiger partial charge is 0.461 e. The van der Waals surface area contributed by atoms with Crippen LogP contribution in [0.3, 0.4) is 0 Å². The van der Waals surface area contributed by atoms with E-state index in [2.05, 4.69) is 5.10 Å². The van der Waals surface area contributed by atoms with Gasteiger partial charge in [0.15, 0.2) is 5.71 Å². The molecule has 8 heteroatoms. The van der Waals surface area contributed by atoms with Gasteiger partial charge in [-0.25, -0.2) is 9.69 Å². The van der Waals surface area contributed by atoms with Crippen LogP contribution in [-0.2, 0) is 19.1 Å². The molecule has 2 aromatic carbocycles. The van der Waals surface area contributed by atoms with Crippen molar-refractivity contribution >= 4 is 46.5 Å². The molecular formula is C20H16ClN3O4. The summed E-state index contributed by atoms with van der Waals surface area (Å²) in [6.07, 6.45) is 0. The van der Waals surface area contributed by atoms with Crippen LogP contribution in [0.2, 0.25) is 5.02 Å². The van der Waals surface area contributed by atoms with Crippen molar-refractivity contribution < 1.29 is 19.1 Å². The molecule has 0 saturated carbocycles. The number of hydrogen-bond acceptors (Lipinski definition) is 6. The predicted molar refractivity (Wildman–Crippen MR) is 104 cm³/mol. The van der Waals surface area contributed by atoms with Crippen LogP contribution in [0.25, 0.3) is 0 Å². The molecule has 0 spiro atoms. The van der Waals surface area contributed by atoms with E-state index in [1.54, 1.807) is 49.4 Å². The van der Waals surface area contributed by atoms with Crippen LogP contribution in [0.1, 0.15) is 6.92 Å². The van der Waals surface area contributed by atoms with Gasteiger partial charge in [0, 0.05) is 5.02 Å². The highest BCUT2D eigenvalue weighted by molar-refractivity contribution is 6.47. The van der Waals surface area contributed by atoms with E-state index in [0.717, 1.165) is 4.90 Å². The number of imide groups is 1. The minimum atomic E-state index is -1.04. The van der Waals surface area contributed by atoms with E-state index < -0.39 is 29.7 Å². The summed E-state index contributed by atoms with van der Waals surface area (Å²) >= 11 is 6.03. The monoisotopic (exact) mass is 397 g/mol. The molecule has 4 rings (SSSR count). The Hall–Kier alpha value is -3.19. The molecule has 0 N–H and O–H groups in total. The number of hydrazone groups is 1. The van der Waals surface area contributed by atoms with Crippen LogP contribution in [-0.4, -0.2) is 36.1 Å². The molecule has 1 saturated heterocycles. The quantitative estimate of drug-likeness (QED) is 0.585. The van der Waals surface area contributed by atoms with Gasteiger partial charge in [-0.15, -0.1) is 0 Å². The van der Waals surface area contributed by atoms with Gasteiger partial charge in [-0.1, -0.05) is 35.9 Å². The summed E-state index contributed by atoms with van der Waals surface area (Å²) in [5.41, 5.74) is 0.887. The maximum Gasteiger partial charge on any atom is 0.355 e. The van der Waals surface area contributed by atoms with E-state index in [0.29, 0.717) is 16.4 Å². The Labute approximate surface area is 166 Å². The highest BCUT2D eigenvalue weighted by Crippen LogP contribution is 2.38. The maximum absolute atomic E-state index is 13.2. The summed E-state index contributed by atoms with van der Waals surface area (Å²) in [7, 11) is 0. The van der Waals surface area contributed by atoms with Gasteiger partial charge in [-0.2, -0.15) is 5.10 Å². The van der Waals surface area contributed by atoms with Crippen molar-refractivity contribution in [3.8, 4) is 0 Å². The second kappa shape index (κ2) is 7.09. The van der Waals surface area contributed by atoms with Gasteiger partial charge >= 0.3 is 5.97 Å². The number of amides is 2. The Morgan fingerprint density at radius 2 is 1.79 bits per heavy atom. The Bertz CT molecular complexity index is 992. The van der Waals surface area contributed by atoms with Crippen molar-refractivity contribution in [1.82, 2.24) is 0 Å². The number of fused-ring (bicyclic) bond motifs is 1. The molecule has 1 fully saturated rings. The molecule has 2 amide bonds. The van der Waals surface area contributed by atoms with Crippen molar-refractivity contribution in [3.63, 3.8) is 0 Å². The van der Waals surface area contributed by atoms with Crippen molar-refractivity contribution in [1.29, 1.82) is 0 Å². The van der Waals surface area contributed by atoms with Gasteiger partial charge < -0.3 is 4.74 Å². The fourth-order valence-electron chi connectivity index (χ4n) is 3.45. The Kier molecular flexibility index (Phi) is 4.60. The lowest BCUT2D eigenvalue weighted by Gasteiger charge is -2.22. The molecule has 0 aliphatic carbocycles. The second-order valence-corrected chi connectivity index (χ2v) is 6.74. The van der Waals surface area contributed by atoms with Gasteiger partial charge in [0.2, 0.25) is 5.91 Å². The zero-order chi connectivity index (χ0) is 19.8. The average Bonchev–Trinajstić information content (AvgIpc) is 3.20. The van der Waals surface area contributed by atoms with E-state index in [-0.39, 0.29) is 12.3 Å². The molecule has 0 aromatic heterocycles. The number of halogens is 1. The topological polar surface area (TPSA) is 79.3 Å². The fourth-order valence-corrected chi connectivity index (χ4v) is 3.64. The van der Waals surface area contributed by atoms with Crippen LogP contribution in [0.4, 0.5) is 11.4 Å². The van der Waals surface area contributed by atoms with Gasteiger partial charge in [0.25, 0.3) is 5.91 Å². The first-order valence-electron chi connectivity index (χ1n) is 8.76. The number of esters is 1. The molecule has 0 bridgehead atoms. The number of anilines is 2. The van der Waals surface area contributed by atoms with E-state index in [1.165, 1.54) is 11.1 Å². The van der Waals surface area contributed by atoms with Crippen LogP contribution < -0.4 is 9.91 Å². The van der Waals surface area contributed by atoms with Crippen LogP contribution in [0.15, 0.2) is 59.7 Å². The molecule has 2 atom stereocenters. The second-order valence-electron chi connectivity index (χ2n) is 6.30. The zero-order valence-corrected chi connectivity index (χ0v) is 15.7. The Morgan fingerprint density at radius 1 is 1.07 bits per heavy atom. The van der Waals surface area contributed by atoms with Gasteiger partial charge in [-0.3, -0.25) is 14.6 Å². The molecule has 28 heavy (non-hydrogen) atoms. The van der Waals surface area contributed by atoms with Crippen molar-refractivity contribution in [2.24, 2.45) is 11.0 Å². The van der Waals surface area contributed by atoms with Crippen LogP contribution >= 0.6 is 11.6 Å². The van der Waals surface area contributed by atoms with Gasteiger partial charge in [-0.05, 0) is 37.3 Å². The number of carbonyl (C=O) groups is 3. The summed E-state index contributed by atoms with van der Waals surface area (Å²) in [6, 6.07) is 14.4. The molecule has 7 nitrogen and oxygen atoms in total. The third-order valence-electron chi connectivity index (χ3n) is 4.62. The minimum absolute atomic E-state index is 0.0708. The van der Waals surface area contributed by atoms with E-state index in [9.17, 15) is 14.4 Å². The first-order chi connectivity index (χ1) is 13.5. The molecule has 2 heterocycles. The van der Waals surface area contributed by atoms with Gasteiger partial charge in [0.1, 0.15) is 12.0 Å². The van der Waals surface area contributed by atoms with E-state index in [1.807, 2.05) is 6.07 Å². The first kappa shape index (κ1) is 18.2. The van der Waals surface area contributed by atoms with Crippen molar-refractivity contribution in [2.45, 2.75) is 13.0 Å². The van der Waals surface area contributed by atoms with Crippen LogP contribution in [0, 0.1) is 5.92 Å². The normalized spacial score (nSPS) is 21.0. The zero-order valence-electron chi connectivity index (χ0n) is 14.9. The number of nitrogens with zero attached hydrogens (tertiary/aromatic N) is 3. The smallest absolute Gasteiger partial charge is 0.355 e. The van der Waals surface area contributed by atoms with Crippen molar-refractivity contribution in [2.75, 3.05) is 16.5 Å². The lowest BCUT2D eigenvalue weighted by atomic mass is 9.98. The Morgan fingerprint density at radius 3 is 2.46 bits per heavy atom. The maximum atomic E-state index is 13.2. The summed E-state index contributed by atoms with van der Waals surface area (Å²) in [5.74, 6) is -2.73. The summed E-state index contributed by atoms with van der Waals surface area (Å²) < 4.78 is 5.06. The number of benzene rings is 2. The fraction of sp³-hybridized carbons (Fsp3) is 0.200. The van der Waals surface area contributed by atoms with Gasteiger partial charge in [0.05, 0.1) is 18.0 Å². The summed E-state index contributed by atoms with van der Waals surface area (Å²) in [4.78, 5) is 39.9. The molecule has 2 aliphatic rings. The van der Waals surface area contributed by atoms with Crippen LogP contribution in [0.5, 0.6) is 0 Å². The number of carbonyl (C=O) groups excluding carboxylic acids is 3. The number of para-hydroxylation sites is 1. The third-order valence-corrected chi connectivity index (χ3v) is 4.86. The van der Waals surface area contributed by atoms with Crippen molar-refractivity contribution in [3.05, 3.63) is 59.6 Å². The highest BCUT2D eigenvalue weighted by atomic mass is 35.5. The first-order valence-corrected chi connectivity index (χ1v) is 9.14. The molecule has 2 aliphatic heterocycles. The molecular weight excluding hydrogens is 382 g/mol. The molecule has 0 unspecified atom stereocenters. The number of ether oxygens (including phenoxy) is 1. The average molecular weight is 398 g/mol. The summed E-state index contributed by atoms with van der Waals surface area (Å²) in [5, 5.41) is 6.10. The van der Waals surface area contributed by atoms with E-state index >= 15 is 0 Å². The number of rotatable bonds is 4. The SMILES string of the molecule is CCOC(=O)C1=NN(c2ccccc2)[C@H]2C(=O)N(c3cccc(Cl)c3)C(=O)[C@@H]12. The number of hydrogen-bond donors (Lipinski definition) is 0. The third kappa shape index (κ3) is 2.84. The lowest BCUT2D eigenvalue weighted by molar-refractivity contribution is -0.136. The lowest BCUT2D eigenvalue weighted by Crippen LogP contribution is -2.39. The molecule has 142 valence electrons. The highest BCUT2D eigenvalue weighted by Gasteiger charge is 2.59.